The van der Waals surface area contributed by atoms with Gasteiger partial charge in [0.2, 0.25) is 5.91 Å². The van der Waals surface area contributed by atoms with Gasteiger partial charge in [-0.1, -0.05) is 18.2 Å². The molecule has 1 aromatic carbocycles. The summed E-state index contributed by atoms with van der Waals surface area (Å²) in [6.07, 6.45) is 2.18. The molecule has 3 fully saturated rings. The lowest BCUT2D eigenvalue weighted by Crippen LogP contribution is -2.57. The van der Waals surface area contributed by atoms with E-state index in [4.69, 9.17) is 9.47 Å². The van der Waals surface area contributed by atoms with Gasteiger partial charge in [0, 0.05) is 45.0 Å². The van der Waals surface area contributed by atoms with Crippen LogP contribution in [0.1, 0.15) is 24.4 Å². The predicted octanol–water partition coefficient (Wildman–Crippen LogP) is 2.08. The highest BCUT2D eigenvalue weighted by Gasteiger charge is 2.41. The molecular weight excluding hydrogens is 335 g/mol. The molecular formula is C20H27FN2O3. The number of ether oxygens (including phenoxy) is 2. The smallest absolute Gasteiger partial charge is 0.244 e. The number of morpholine rings is 1. The Morgan fingerprint density at radius 3 is 2.35 bits per heavy atom. The van der Waals surface area contributed by atoms with Crippen LogP contribution in [0.15, 0.2) is 24.3 Å². The zero-order valence-corrected chi connectivity index (χ0v) is 15.1. The summed E-state index contributed by atoms with van der Waals surface area (Å²) in [4.78, 5) is 17.2. The van der Waals surface area contributed by atoms with Crippen molar-refractivity contribution in [2.75, 3.05) is 52.6 Å². The summed E-state index contributed by atoms with van der Waals surface area (Å²) >= 11 is 0. The highest BCUT2D eigenvalue weighted by atomic mass is 19.1. The van der Waals surface area contributed by atoms with Crippen LogP contribution in [-0.2, 0) is 14.3 Å². The van der Waals surface area contributed by atoms with Crippen molar-refractivity contribution in [3.8, 4) is 0 Å². The van der Waals surface area contributed by atoms with Crippen molar-refractivity contribution in [3.05, 3.63) is 35.6 Å². The highest BCUT2D eigenvalue weighted by molar-refractivity contribution is 5.84. The van der Waals surface area contributed by atoms with E-state index in [1.54, 1.807) is 18.2 Å². The molecule has 1 amide bonds. The molecule has 3 aliphatic heterocycles. The van der Waals surface area contributed by atoms with Crippen LogP contribution in [0.25, 0.3) is 0 Å². The third kappa shape index (κ3) is 3.63. The quantitative estimate of drug-likeness (QED) is 0.823. The Hall–Kier alpha value is -1.50. The third-order valence-electron chi connectivity index (χ3n) is 6.00. The number of hydrogen-bond donors (Lipinski definition) is 0. The van der Waals surface area contributed by atoms with Crippen molar-refractivity contribution < 1.29 is 18.7 Å². The monoisotopic (exact) mass is 362 g/mol. The first-order chi connectivity index (χ1) is 12.7. The molecule has 26 heavy (non-hydrogen) atoms. The molecule has 0 unspecified atom stereocenters. The van der Waals surface area contributed by atoms with E-state index in [1.165, 1.54) is 6.07 Å². The lowest BCUT2D eigenvalue weighted by atomic mass is 9.80. The Labute approximate surface area is 154 Å². The van der Waals surface area contributed by atoms with Gasteiger partial charge in [-0.15, -0.1) is 0 Å². The van der Waals surface area contributed by atoms with Crippen LogP contribution in [0, 0.1) is 17.7 Å². The van der Waals surface area contributed by atoms with E-state index in [-0.39, 0.29) is 11.7 Å². The number of hydrogen-bond acceptors (Lipinski definition) is 4. The van der Waals surface area contributed by atoms with Crippen molar-refractivity contribution in [1.82, 2.24) is 9.80 Å². The lowest BCUT2D eigenvalue weighted by molar-refractivity contribution is -0.148. The normalized spacial score (nSPS) is 24.3. The van der Waals surface area contributed by atoms with Crippen molar-refractivity contribution in [2.24, 2.45) is 11.8 Å². The zero-order chi connectivity index (χ0) is 17.9. The van der Waals surface area contributed by atoms with E-state index < -0.39 is 6.04 Å². The molecule has 0 radical (unpaired) electrons. The molecule has 0 N–H and O–H groups in total. The number of amides is 1. The van der Waals surface area contributed by atoms with Gasteiger partial charge in [-0.2, -0.15) is 0 Å². The first-order valence-corrected chi connectivity index (χ1v) is 9.67. The number of halogens is 1. The molecule has 6 heteroatoms. The second-order valence-corrected chi connectivity index (χ2v) is 7.53. The maximum absolute atomic E-state index is 14.5. The molecule has 142 valence electrons. The summed E-state index contributed by atoms with van der Waals surface area (Å²) < 4.78 is 25.3. The number of rotatable bonds is 4. The minimum absolute atomic E-state index is 0.0281. The molecule has 3 aliphatic rings. The maximum Gasteiger partial charge on any atom is 0.244 e. The van der Waals surface area contributed by atoms with E-state index in [0.717, 1.165) is 39.1 Å². The summed E-state index contributed by atoms with van der Waals surface area (Å²) in [7, 11) is 0. The van der Waals surface area contributed by atoms with Crippen LogP contribution in [0.4, 0.5) is 4.39 Å². The number of nitrogens with zero attached hydrogens (tertiary/aromatic N) is 2. The van der Waals surface area contributed by atoms with Crippen LogP contribution in [-0.4, -0.2) is 68.3 Å². The van der Waals surface area contributed by atoms with E-state index in [0.29, 0.717) is 43.7 Å². The molecule has 3 saturated heterocycles. The highest BCUT2D eigenvalue weighted by Crippen LogP contribution is 2.34. The van der Waals surface area contributed by atoms with Gasteiger partial charge in [-0.05, 0) is 30.7 Å². The largest absolute Gasteiger partial charge is 0.381 e. The molecule has 0 saturated carbocycles. The predicted molar refractivity (Wildman–Crippen MR) is 95.1 cm³/mol. The lowest BCUT2D eigenvalue weighted by Gasteiger charge is -2.47. The van der Waals surface area contributed by atoms with Crippen molar-refractivity contribution >= 4 is 5.91 Å². The maximum atomic E-state index is 14.5. The second-order valence-electron chi connectivity index (χ2n) is 7.53. The molecule has 0 aromatic heterocycles. The molecule has 4 rings (SSSR count). The van der Waals surface area contributed by atoms with Gasteiger partial charge in [-0.3, -0.25) is 9.69 Å². The minimum Gasteiger partial charge on any atom is -0.381 e. The Balaban J connectivity index is 1.47. The van der Waals surface area contributed by atoms with Gasteiger partial charge in [0.1, 0.15) is 11.9 Å². The number of carbonyl (C=O) groups is 1. The number of likely N-dealkylation sites (tertiary alicyclic amines) is 1. The standard InChI is InChI=1S/C20H27FN2O3/c21-18-4-2-1-3-17(18)19(22-7-11-26-12-8-22)20(24)23-13-16(14-23)15-5-9-25-10-6-15/h1-4,15-16,19H,5-14H2/t19-/m0/s1. The van der Waals surface area contributed by atoms with Crippen molar-refractivity contribution in [2.45, 2.75) is 18.9 Å². The van der Waals surface area contributed by atoms with E-state index in [9.17, 15) is 9.18 Å². The Kier molecular flexibility index (Phi) is 5.52. The summed E-state index contributed by atoms with van der Waals surface area (Å²) in [5.41, 5.74) is 0.480. The fourth-order valence-electron chi connectivity index (χ4n) is 4.37. The summed E-state index contributed by atoms with van der Waals surface area (Å²) in [6, 6.07) is 6.11. The van der Waals surface area contributed by atoms with E-state index in [2.05, 4.69) is 4.90 Å². The summed E-state index contributed by atoms with van der Waals surface area (Å²) in [6.45, 7) is 5.73. The molecule has 1 aromatic rings. The van der Waals surface area contributed by atoms with Gasteiger partial charge >= 0.3 is 0 Å². The topological polar surface area (TPSA) is 42.0 Å². The Morgan fingerprint density at radius 1 is 1.00 bits per heavy atom. The molecule has 1 atom stereocenters. The SMILES string of the molecule is O=C([C@H](c1ccccc1F)N1CCOCC1)N1CC(C2CCOCC2)C1. The third-order valence-corrected chi connectivity index (χ3v) is 6.00. The average Bonchev–Trinajstić information content (AvgIpc) is 2.64. The second kappa shape index (κ2) is 8.03. The van der Waals surface area contributed by atoms with Gasteiger partial charge in [0.15, 0.2) is 0 Å². The summed E-state index contributed by atoms with van der Waals surface area (Å²) in [5, 5.41) is 0. The fraction of sp³-hybridized carbons (Fsp3) is 0.650. The van der Waals surface area contributed by atoms with E-state index >= 15 is 0 Å². The molecule has 0 aliphatic carbocycles. The number of carbonyl (C=O) groups excluding carboxylic acids is 1. The molecule has 3 heterocycles. The van der Waals surface area contributed by atoms with Gasteiger partial charge in [0.05, 0.1) is 13.2 Å². The first-order valence-electron chi connectivity index (χ1n) is 9.67. The van der Waals surface area contributed by atoms with Crippen LogP contribution in [0.2, 0.25) is 0 Å². The van der Waals surface area contributed by atoms with Crippen LogP contribution < -0.4 is 0 Å². The van der Waals surface area contributed by atoms with Crippen molar-refractivity contribution in [3.63, 3.8) is 0 Å². The van der Waals surface area contributed by atoms with Crippen LogP contribution >= 0.6 is 0 Å². The van der Waals surface area contributed by atoms with Crippen molar-refractivity contribution in [1.29, 1.82) is 0 Å². The fourth-order valence-corrected chi connectivity index (χ4v) is 4.37. The molecule has 0 spiro atoms. The van der Waals surface area contributed by atoms with Gasteiger partial charge < -0.3 is 14.4 Å². The minimum atomic E-state index is -0.546. The zero-order valence-electron chi connectivity index (χ0n) is 15.1. The average molecular weight is 362 g/mol. The molecule has 0 bridgehead atoms. The van der Waals surface area contributed by atoms with E-state index in [1.807, 2.05) is 4.90 Å². The van der Waals surface area contributed by atoms with Crippen LogP contribution in [0.5, 0.6) is 0 Å². The Morgan fingerprint density at radius 2 is 1.65 bits per heavy atom. The van der Waals surface area contributed by atoms with Gasteiger partial charge in [-0.25, -0.2) is 4.39 Å². The first kappa shape index (κ1) is 17.9. The van der Waals surface area contributed by atoms with Gasteiger partial charge in [0.25, 0.3) is 0 Å². The molecule has 5 nitrogen and oxygen atoms in total. The van der Waals surface area contributed by atoms with Crippen LogP contribution in [0.3, 0.4) is 0 Å². The number of benzene rings is 1. The Bertz CT molecular complexity index is 623. The summed E-state index contributed by atoms with van der Waals surface area (Å²) in [5.74, 6) is 0.941.